The molecule has 3 nitrogen and oxygen atoms in total. The van der Waals surface area contributed by atoms with Crippen molar-refractivity contribution in [2.75, 3.05) is 13.1 Å². The van der Waals surface area contributed by atoms with E-state index in [1.807, 2.05) is 6.08 Å². The van der Waals surface area contributed by atoms with Crippen molar-refractivity contribution < 1.29 is 4.79 Å². The molecule has 3 aliphatic rings. The second-order valence-electron chi connectivity index (χ2n) is 7.72. The van der Waals surface area contributed by atoms with Gasteiger partial charge in [-0.25, -0.2) is 0 Å². The van der Waals surface area contributed by atoms with Crippen LogP contribution in [0.4, 0.5) is 0 Å². The fourth-order valence-corrected chi connectivity index (χ4v) is 4.63. The summed E-state index contributed by atoms with van der Waals surface area (Å²) in [7, 11) is 0. The molecular weight excluding hydrogens is 308 g/mol. The van der Waals surface area contributed by atoms with Crippen LogP contribution in [0.1, 0.15) is 51.9 Å². The van der Waals surface area contributed by atoms with Crippen LogP contribution in [-0.4, -0.2) is 29.9 Å². The first-order valence-electron chi connectivity index (χ1n) is 9.04. The Morgan fingerprint density at radius 1 is 1.35 bits per heavy atom. The molecule has 4 heteroatoms. The number of nitrogens with zero attached hydrogens (tertiary/aromatic N) is 1. The lowest BCUT2D eigenvalue weighted by Gasteiger charge is -2.47. The molecule has 3 aliphatic carbocycles. The molecular formula is C19H29ClN2O. The van der Waals surface area contributed by atoms with Gasteiger partial charge < -0.3 is 10.6 Å². The zero-order valence-corrected chi connectivity index (χ0v) is 14.9. The van der Waals surface area contributed by atoms with Gasteiger partial charge in [0.15, 0.2) is 0 Å². The first-order chi connectivity index (χ1) is 11.0. The number of carbonyl (C=O) groups excluding carboxylic acids is 1. The van der Waals surface area contributed by atoms with E-state index in [2.05, 4.69) is 17.1 Å². The molecule has 0 aliphatic heterocycles. The summed E-state index contributed by atoms with van der Waals surface area (Å²) in [6.45, 7) is 3.40. The Balaban J connectivity index is 1.64. The lowest BCUT2D eigenvalue weighted by molar-refractivity contribution is -0.132. The number of allylic oxidation sites excluding steroid dienone is 4. The number of carbonyl (C=O) groups is 1. The van der Waals surface area contributed by atoms with Crippen LogP contribution in [0, 0.1) is 17.3 Å². The summed E-state index contributed by atoms with van der Waals surface area (Å²) in [6.07, 6.45) is 14.2. The van der Waals surface area contributed by atoms with Crippen molar-refractivity contribution in [1.82, 2.24) is 4.90 Å². The minimum atomic E-state index is 0.156. The maximum absolute atomic E-state index is 12.0. The standard InChI is InChI=1S/C19H29ClN2O/c1-14(23)22(12-15-5-6-15)18-7-9-19(13-21,10-8-18)16-3-2-4-17(20)11-16/h2-4,15-16,18H,5-13,21H2,1H3. The average Bonchev–Trinajstić information content (AvgIpc) is 3.37. The highest BCUT2D eigenvalue weighted by Gasteiger charge is 2.42. The highest BCUT2D eigenvalue weighted by Crippen LogP contribution is 2.47. The fourth-order valence-electron chi connectivity index (χ4n) is 4.39. The van der Waals surface area contributed by atoms with Gasteiger partial charge in [0.05, 0.1) is 0 Å². The van der Waals surface area contributed by atoms with Gasteiger partial charge in [0, 0.05) is 24.5 Å². The van der Waals surface area contributed by atoms with Gasteiger partial charge >= 0.3 is 0 Å². The Morgan fingerprint density at radius 2 is 2.04 bits per heavy atom. The summed E-state index contributed by atoms with van der Waals surface area (Å²) in [5.74, 6) is 1.44. The van der Waals surface area contributed by atoms with Gasteiger partial charge in [-0.15, -0.1) is 0 Å². The molecule has 0 radical (unpaired) electrons. The SMILES string of the molecule is CC(=O)N(CC1CC1)C1CCC(CN)(C2C=CC=C(Cl)C2)CC1. The van der Waals surface area contributed by atoms with Crippen molar-refractivity contribution in [3.8, 4) is 0 Å². The average molecular weight is 337 g/mol. The molecule has 0 aromatic carbocycles. The summed E-state index contributed by atoms with van der Waals surface area (Å²) < 4.78 is 0. The lowest BCUT2D eigenvalue weighted by Crippen LogP contribution is -2.48. The summed E-state index contributed by atoms with van der Waals surface area (Å²) in [5, 5.41) is 0.937. The number of halogens is 1. The molecule has 0 bridgehead atoms. The number of rotatable bonds is 5. The van der Waals surface area contributed by atoms with Crippen molar-refractivity contribution in [2.24, 2.45) is 23.0 Å². The Hall–Kier alpha value is -0.800. The summed E-state index contributed by atoms with van der Waals surface area (Å²) >= 11 is 6.25. The van der Waals surface area contributed by atoms with Gasteiger partial charge in [0.2, 0.25) is 5.91 Å². The predicted molar refractivity (Wildman–Crippen MR) is 95.0 cm³/mol. The summed E-state index contributed by atoms with van der Waals surface area (Å²) in [4.78, 5) is 14.2. The van der Waals surface area contributed by atoms with E-state index < -0.39 is 0 Å². The molecule has 0 aromatic heterocycles. The van der Waals surface area contributed by atoms with Crippen molar-refractivity contribution in [2.45, 2.75) is 57.9 Å². The quantitative estimate of drug-likeness (QED) is 0.829. The Kier molecular flexibility index (Phi) is 5.17. The van der Waals surface area contributed by atoms with Crippen LogP contribution in [-0.2, 0) is 4.79 Å². The first kappa shape index (κ1) is 17.0. The maximum atomic E-state index is 12.0. The minimum Gasteiger partial charge on any atom is -0.340 e. The molecule has 1 atom stereocenters. The second-order valence-corrected chi connectivity index (χ2v) is 8.21. The first-order valence-corrected chi connectivity index (χ1v) is 9.42. The van der Waals surface area contributed by atoms with Gasteiger partial charge in [-0.2, -0.15) is 0 Å². The predicted octanol–water partition coefficient (Wildman–Crippen LogP) is 3.83. The molecule has 1 amide bonds. The fraction of sp³-hybridized carbons (Fsp3) is 0.737. The van der Waals surface area contributed by atoms with Crippen molar-refractivity contribution in [3.63, 3.8) is 0 Å². The third-order valence-electron chi connectivity index (χ3n) is 6.18. The maximum Gasteiger partial charge on any atom is 0.219 e. The monoisotopic (exact) mass is 336 g/mol. The zero-order chi connectivity index (χ0) is 16.4. The molecule has 128 valence electrons. The van der Waals surface area contributed by atoms with Gasteiger partial charge in [-0.1, -0.05) is 23.8 Å². The van der Waals surface area contributed by atoms with E-state index in [0.717, 1.165) is 49.6 Å². The van der Waals surface area contributed by atoms with Gasteiger partial charge in [0.25, 0.3) is 0 Å². The van der Waals surface area contributed by atoms with Crippen LogP contribution in [0.3, 0.4) is 0 Å². The van der Waals surface area contributed by atoms with Crippen LogP contribution in [0.25, 0.3) is 0 Å². The van der Waals surface area contributed by atoms with Gasteiger partial charge in [0.1, 0.15) is 0 Å². The molecule has 2 fully saturated rings. The van der Waals surface area contributed by atoms with E-state index >= 15 is 0 Å². The molecule has 0 aromatic rings. The molecule has 2 N–H and O–H groups in total. The lowest BCUT2D eigenvalue weighted by atomic mass is 9.63. The number of hydrogen-bond donors (Lipinski definition) is 1. The number of nitrogens with two attached hydrogens (primary N) is 1. The minimum absolute atomic E-state index is 0.156. The zero-order valence-electron chi connectivity index (χ0n) is 14.1. The molecule has 23 heavy (non-hydrogen) atoms. The highest BCUT2D eigenvalue weighted by atomic mass is 35.5. The van der Waals surface area contributed by atoms with Crippen molar-refractivity contribution >= 4 is 17.5 Å². The van der Waals surface area contributed by atoms with E-state index in [9.17, 15) is 4.79 Å². The number of amides is 1. The Labute approximate surface area is 144 Å². The third kappa shape index (κ3) is 3.83. The van der Waals surface area contributed by atoms with Crippen LogP contribution in [0.2, 0.25) is 0 Å². The van der Waals surface area contributed by atoms with Crippen LogP contribution in [0.5, 0.6) is 0 Å². The van der Waals surface area contributed by atoms with E-state index in [1.54, 1.807) is 6.92 Å². The van der Waals surface area contributed by atoms with E-state index in [0.29, 0.717) is 18.5 Å². The molecule has 3 rings (SSSR count). The van der Waals surface area contributed by atoms with Crippen molar-refractivity contribution in [3.05, 3.63) is 23.3 Å². The molecule has 2 saturated carbocycles. The molecule has 0 heterocycles. The van der Waals surface area contributed by atoms with Crippen molar-refractivity contribution in [1.29, 1.82) is 0 Å². The van der Waals surface area contributed by atoms with Gasteiger partial charge in [-0.3, -0.25) is 4.79 Å². The van der Waals surface area contributed by atoms with Gasteiger partial charge in [-0.05, 0) is 74.8 Å². The molecule has 0 saturated heterocycles. The topological polar surface area (TPSA) is 46.3 Å². The van der Waals surface area contributed by atoms with Crippen LogP contribution < -0.4 is 5.73 Å². The molecule has 1 unspecified atom stereocenters. The summed E-state index contributed by atoms with van der Waals surface area (Å²) in [6, 6.07) is 0.409. The highest BCUT2D eigenvalue weighted by molar-refractivity contribution is 6.29. The normalized spacial score (nSPS) is 34.1. The van der Waals surface area contributed by atoms with E-state index in [1.165, 1.54) is 12.8 Å². The smallest absolute Gasteiger partial charge is 0.219 e. The third-order valence-corrected chi connectivity index (χ3v) is 6.46. The number of hydrogen-bond acceptors (Lipinski definition) is 2. The largest absolute Gasteiger partial charge is 0.340 e. The van der Waals surface area contributed by atoms with Crippen LogP contribution >= 0.6 is 11.6 Å². The Bertz CT molecular complexity index is 501. The summed E-state index contributed by atoms with van der Waals surface area (Å²) in [5.41, 5.74) is 6.37. The second kappa shape index (κ2) is 6.98. The van der Waals surface area contributed by atoms with E-state index in [4.69, 9.17) is 17.3 Å². The van der Waals surface area contributed by atoms with E-state index in [-0.39, 0.29) is 11.3 Å². The Morgan fingerprint density at radius 3 is 2.57 bits per heavy atom. The van der Waals surface area contributed by atoms with Crippen LogP contribution in [0.15, 0.2) is 23.3 Å². The molecule has 0 spiro atoms.